The van der Waals surface area contributed by atoms with Gasteiger partial charge >= 0.3 is 0 Å². The molecule has 1 aromatic heterocycles. The molecular formula is C9H17N5. The number of H-pyrrole nitrogens is 1. The van der Waals surface area contributed by atoms with Crippen LogP contribution in [0.1, 0.15) is 5.69 Å². The van der Waals surface area contributed by atoms with E-state index in [0.717, 1.165) is 37.8 Å². The van der Waals surface area contributed by atoms with Crippen LogP contribution in [0.4, 0.5) is 5.95 Å². The highest BCUT2D eigenvalue weighted by Crippen LogP contribution is 2.11. The summed E-state index contributed by atoms with van der Waals surface area (Å²) in [6.07, 6.45) is 1.81. The van der Waals surface area contributed by atoms with E-state index in [9.17, 15) is 0 Å². The highest BCUT2D eigenvalue weighted by Gasteiger charge is 2.16. The Morgan fingerprint density at radius 1 is 1.43 bits per heavy atom. The molecule has 5 heteroatoms. The second-order valence-corrected chi connectivity index (χ2v) is 3.73. The molecule has 2 heterocycles. The Bertz CT molecular complexity index is 287. The average Bonchev–Trinajstić information content (AvgIpc) is 2.67. The monoisotopic (exact) mass is 195 g/mol. The maximum atomic E-state index is 5.52. The molecule has 0 bridgehead atoms. The second kappa shape index (κ2) is 3.98. The third-order valence-electron chi connectivity index (χ3n) is 2.64. The Hall–Kier alpha value is -1.07. The fraction of sp³-hybridized carbons (Fsp3) is 0.667. The molecule has 0 saturated carbocycles. The molecule has 0 spiro atoms. The number of anilines is 1. The summed E-state index contributed by atoms with van der Waals surface area (Å²) in [5.74, 6) is 0.957. The normalized spacial score (nSPS) is 18.9. The van der Waals surface area contributed by atoms with Gasteiger partial charge in [0.15, 0.2) is 0 Å². The Morgan fingerprint density at radius 2 is 2.14 bits per heavy atom. The van der Waals surface area contributed by atoms with E-state index in [0.29, 0.717) is 6.54 Å². The van der Waals surface area contributed by atoms with Crippen molar-refractivity contribution in [3.63, 3.8) is 0 Å². The summed E-state index contributed by atoms with van der Waals surface area (Å²) in [6, 6.07) is 0. The second-order valence-electron chi connectivity index (χ2n) is 3.73. The van der Waals surface area contributed by atoms with E-state index < -0.39 is 0 Å². The van der Waals surface area contributed by atoms with Crippen LogP contribution >= 0.6 is 0 Å². The van der Waals surface area contributed by atoms with Crippen molar-refractivity contribution in [1.29, 1.82) is 0 Å². The number of imidazole rings is 1. The minimum absolute atomic E-state index is 0.529. The predicted octanol–water partition coefficient (Wildman–Crippen LogP) is -0.380. The molecule has 0 unspecified atom stereocenters. The van der Waals surface area contributed by atoms with Gasteiger partial charge in [-0.3, -0.25) is 0 Å². The van der Waals surface area contributed by atoms with Crippen LogP contribution in [-0.2, 0) is 6.54 Å². The Labute approximate surface area is 83.9 Å². The fourth-order valence-electron chi connectivity index (χ4n) is 1.63. The third-order valence-corrected chi connectivity index (χ3v) is 2.64. The number of hydrogen-bond acceptors (Lipinski definition) is 4. The molecule has 3 N–H and O–H groups in total. The van der Waals surface area contributed by atoms with E-state index in [-0.39, 0.29) is 0 Å². The van der Waals surface area contributed by atoms with Crippen LogP contribution in [0.5, 0.6) is 0 Å². The van der Waals surface area contributed by atoms with Crippen molar-refractivity contribution in [3.05, 3.63) is 11.9 Å². The third kappa shape index (κ3) is 1.88. The zero-order chi connectivity index (χ0) is 9.97. The highest BCUT2D eigenvalue weighted by molar-refractivity contribution is 5.32. The zero-order valence-electron chi connectivity index (χ0n) is 8.53. The number of nitrogens with one attached hydrogen (secondary N) is 1. The number of piperazine rings is 1. The molecule has 5 nitrogen and oxygen atoms in total. The molecule has 0 amide bonds. The van der Waals surface area contributed by atoms with Crippen molar-refractivity contribution in [2.24, 2.45) is 5.73 Å². The first-order valence-corrected chi connectivity index (χ1v) is 4.97. The summed E-state index contributed by atoms with van der Waals surface area (Å²) in [4.78, 5) is 12.1. The van der Waals surface area contributed by atoms with Crippen molar-refractivity contribution in [2.75, 3.05) is 38.1 Å². The number of likely N-dealkylation sites (N-methyl/N-ethyl adjacent to an activating group) is 1. The van der Waals surface area contributed by atoms with E-state index >= 15 is 0 Å². The molecule has 1 saturated heterocycles. The maximum Gasteiger partial charge on any atom is 0.203 e. The quantitative estimate of drug-likeness (QED) is 0.675. The molecule has 78 valence electrons. The summed E-state index contributed by atoms with van der Waals surface area (Å²) in [5.41, 5.74) is 6.52. The molecular weight excluding hydrogens is 178 g/mol. The lowest BCUT2D eigenvalue weighted by Gasteiger charge is -2.32. The van der Waals surface area contributed by atoms with E-state index in [1.54, 1.807) is 0 Å². The molecule has 1 aliphatic heterocycles. The smallest absolute Gasteiger partial charge is 0.203 e. The summed E-state index contributed by atoms with van der Waals surface area (Å²) in [5, 5.41) is 0. The van der Waals surface area contributed by atoms with E-state index in [2.05, 4.69) is 26.8 Å². The van der Waals surface area contributed by atoms with Gasteiger partial charge in [0, 0.05) is 38.4 Å². The zero-order valence-corrected chi connectivity index (χ0v) is 8.53. The number of nitrogens with two attached hydrogens (primary N) is 1. The van der Waals surface area contributed by atoms with Gasteiger partial charge in [0.25, 0.3) is 0 Å². The molecule has 1 aromatic rings. The largest absolute Gasteiger partial charge is 0.340 e. The van der Waals surface area contributed by atoms with Crippen LogP contribution in [0, 0.1) is 0 Å². The number of aromatic nitrogens is 2. The molecule has 1 fully saturated rings. The molecule has 2 rings (SSSR count). The van der Waals surface area contributed by atoms with Crippen molar-refractivity contribution in [3.8, 4) is 0 Å². The minimum atomic E-state index is 0.529. The molecule has 0 radical (unpaired) electrons. The number of nitrogens with zero attached hydrogens (tertiary/aromatic N) is 3. The molecule has 14 heavy (non-hydrogen) atoms. The maximum absolute atomic E-state index is 5.52. The number of rotatable bonds is 2. The molecule has 1 aliphatic rings. The van der Waals surface area contributed by atoms with E-state index in [1.165, 1.54) is 0 Å². The minimum Gasteiger partial charge on any atom is -0.340 e. The molecule has 0 aliphatic carbocycles. The van der Waals surface area contributed by atoms with Crippen LogP contribution in [0.3, 0.4) is 0 Å². The average molecular weight is 195 g/mol. The van der Waals surface area contributed by atoms with Gasteiger partial charge in [-0.05, 0) is 7.05 Å². The van der Waals surface area contributed by atoms with Gasteiger partial charge in [0.1, 0.15) is 0 Å². The van der Waals surface area contributed by atoms with Gasteiger partial charge in [-0.15, -0.1) is 0 Å². The topological polar surface area (TPSA) is 61.2 Å². The van der Waals surface area contributed by atoms with Gasteiger partial charge in [0.2, 0.25) is 5.95 Å². The van der Waals surface area contributed by atoms with Gasteiger partial charge in [-0.25, -0.2) is 4.98 Å². The van der Waals surface area contributed by atoms with Crippen LogP contribution in [0.25, 0.3) is 0 Å². The highest BCUT2D eigenvalue weighted by atomic mass is 15.3. The SMILES string of the molecule is CN1CCN(c2ncc(CN)[nH]2)CC1. The van der Waals surface area contributed by atoms with Crippen molar-refractivity contribution in [2.45, 2.75) is 6.54 Å². The van der Waals surface area contributed by atoms with Crippen LogP contribution in [0.15, 0.2) is 6.20 Å². The first kappa shape index (κ1) is 9.48. The number of hydrogen-bond donors (Lipinski definition) is 2. The van der Waals surface area contributed by atoms with E-state index in [1.807, 2.05) is 6.20 Å². The van der Waals surface area contributed by atoms with Crippen LogP contribution in [-0.4, -0.2) is 48.1 Å². The standard InChI is InChI=1S/C9H17N5/c1-13-2-4-14(5-3-13)9-11-7-8(6-10)12-9/h7H,2-6,10H2,1H3,(H,11,12). The van der Waals surface area contributed by atoms with Gasteiger partial charge in [-0.2, -0.15) is 0 Å². The lowest BCUT2D eigenvalue weighted by atomic mass is 10.3. The first-order chi connectivity index (χ1) is 6.79. The summed E-state index contributed by atoms with van der Waals surface area (Å²) in [6.45, 7) is 4.79. The van der Waals surface area contributed by atoms with Crippen molar-refractivity contribution in [1.82, 2.24) is 14.9 Å². The predicted molar refractivity (Wildman–Crippen MR) is 56.2 cm³/mol. The van der Waals surface area contributed by atoms with E-state index in [4.69, 9.17) is 5.73 Å². The molecule has 0 aromatic carbocycles. The lowest BCUT2D eigenvalue weighted by Crippen LogP contribution is -2.44. The van der Waals surface area contributed by atoms with Crippen LogP contribution in [0.2, 0.25) is 0 Å². The van der Waals surface area contributed by atoms with Gasteiger partial charge in [-0.1, -0.05) is 0 Å². The Morgan fingerprint density at radius 3 is 2.71 bits per heavy atom. The lowest BCUT2D eigenvalue weighted by molar-refractivity contribution is 0.311. The first-order valence-electron chi connectivity index (χ1n) is 4.97. The fourth-order valence-corrected chi connectivity index (χ4v) is 1.63. The van der Waals surface area contributed by atoms with Crippen molar-refractivity contribution >= 4 is 5.95 Å². The summed E-state index contributed by atoms with van der Waals surface area (Å²) in [7, 11) is 2.14. The van der Waals surface area contributed by atoms with Gasteiger partial charge in [0.05, 0.1) is 6.20 Å². The summed E-state index contributed by atoms with van der Waals surface area (Å²) >= 11 is 0. The van der Waals surface area contributed by atoms with Crippen LogP contribution < -0.4 is 10.6 Å². The van der Waals surface area contributed by atoms with Gasteiger partial charge < -0.3 is 20.5 Å². The molecule has 0 atom stereocenters. The Balaban J connectivity index is 2.01. The van der Waals surface area contributed by atoms with Crippen molar-refractivity contribution < 1.29 is 0 Å². The summed E-state index contributed by atoms with van der Waals surface area (Å²) < 4.78 is 0. The number of aromatic amines is 1. The Kier molecular flexibility index (Phi) is 2.69.